The van der Waals surface area contributed by atoms with E-state index in [2.05, 4.69) is 26.4 Å². The molecule has 0 aromatic carbocycles. The zero-order valence-corrected chi connectivity index (χ0v) is 11.1. The van der Waals surface area contributed by atoms with Crippen LogP contribution in [0.2, 0.25) is 5.15 Å². The summed E-state index contributed by atoms with van der Waals surface area (Å²) in [5.74, 6) is 0.690. The van der Waals surface area contributed by atoms with E-state index in [1.807, 2.05) is 18.6 Å². The van der Waals surface area contributed by atoms with Gasteiger partial charge in [-0.1, -0.05) is 24.9 Å². The third-order valence-corrected chi connectivity index (χ3v) is 3.28. The van der Waals surface area contributed by atoms with Gasteiger partial charge in [0.1, 0.15) is 10.8 Å². The van der Waals surface area contributed by atoms with Crippen LogP contribution in [0.15, 0.2) is 18.6 Å². The first-order valence-electron chi connectivity index (χ1n) is 6.33. The molecule has 2 aromatic rings. The van der Waals surface area contributed by atoms with Crippen molar-refractivity contribution in [1.82, 2.24) is 19.5 Å². The van der Waals surface area contributed by atoms with Crippen molar-refractivity contribution in [3.05, 3.63) is 29.4 Å². The van der Waals surface area contributed by atoms with Gasteiger partial charge in [-0.3, -0.25) is 0 Å². The molecule has 4 nitrogen and oxygen atoms in total. The summed E-state index contributed by atoms with van der Waals surface area (Å²) < 4.78 is 2.15. The Balaban J connectivity index is 2.01. The summed E-state index contributed by atoms with van der Waals surface area (Å²) in [6, 6.07) is 2.41. The van der Waals surface area contributed by atoms with Gasteiger partial charge in [-0.2, -0.15) is 0 Å². The van der Waals surface area contributed by atoms with Crippen LogP contribution in [0, 0.1) is 0 Å². The number of rotatable bonds is 4. The Kier molecular flexibility index (Phi) is 3.04. The lowest BCUT2D eigenvalue weighted by atomic mass is 10.2. The highest BCUT2D eigenvalue weighted by Crippen LogP contribution is 2.37. The summed E-state index contributed by atoms with van der Waals surface area (Å²) in [7, 11) is 0. The molecule has 18 heavy (non-hydrogen) atoms. The van der Waals surface area contributed by atoms with Gasteiger partial charge in [0, 0.05) is 11.7 Å². The van der Waals surface area contributed by atoms with Crippen molar-refractivity contribution >= 4 is 11.6 Å². The Morgan fingerprint density at radius 2 is 2.22 bits per heavy atom. The summed E-state index contributed by atoms with van der Waals surface area (Å²) in [6.07, 6.45) is 8.08. The Labute approximate surface area is 111 Å². The van der Waals surface area contributed by atoms with E-state index >= 15 is 0 Å². The molecule has 5 heteroatoms. The normalized spacial score (nSPS) is 15.0. The zero-order chi connectivity index (χ0) is 12.5. The molecular weight excluding hydrogens is 248 g/mol. The highest BCUT2D eigenvalue weighted by atomic mass is 35.5. The average molecular weight is 263 g/mol. The molecule has 2 aromatic heterocycles. The number of aryl methyl sites for hydroxylation is 1. The maximum absolute atomic E-state index is 6.07. The van der Waals surface area contributed by atoms with Gasteiger partial charge in [0.25, 0.3) is 0 Å². The standard InChI is InChI=1S/C13H15ClN4/c1-2-3-9-6-12(14)17-13(16-9)11-7-15-8-18(11)10-4-5-10/h6-8,10H,2-5H2,1H3. The molecule has 0 saturated heterocycles. The van der Waals surface area contributed by atoms with Crippen LogP contribution in [-0.4, -0.2) is 19.5 Å². The molecule has 0 unspecified atom stereocenters. The monoisotopic (exact) mass is 262 g/mol. The van der Waals surface area contributed by atoms with E-state index < -0.39 is 0 Å². The maximum Gasteiger partial charge on any atom is 0.179 e. The fourth-order valence-electron chi connectivity index (χ4n) is 2.08. The van der Waals surface area contributed by atoms with E-state index in [1.54, 1.807) is 0 Å². The summed E-state index contributed by atoms with van der Waals surface area (Å²) in [4.78, 5) is 13.1. The quantitative estimate of drug-likeness (QED) is 0.794. The summed E-state index contributed by atoms with van der Waals surface area (Å²) >= 11 is 6.07. The third kappa shape index (κ3) is 2.25. The molecule has 0 aliphatic heterocycles. The molecule has 1 saturated carbocycles. The van der Waals surface area contributed by atoms with Gasteiger partial charge in [0.05, 0.1) is 12.5 Å². The minimum atomic E-state index is 0.506. The van der Waals surface area contributed by atoms with Gasteiger partial charge in [0.2, 0.25) is 0 Å². The van der Waals surface area contributed by atoms with Gasteiger partial charge in [-0.25, -0.2) is 15.0 Å². The SMILES string of the molecule is CCCc1cc(Cl)nc(-c2cncn2C2CC2)n1. The van der Waals surface area contributed by atoms with Crippen LogP contribution in [0.1, 0.15) is 37.9 Å². The van der Waals surface area contributed by atoms with E-state index in [4.69, 9.17) is 11.6 Å². The zero-order valence-electron chi connectivity index (χ0n) is 10.3. The molecule has 3 rings (SSSR count). The predicted octanol–water partition coefficient (Wildman–Crippen LogP) is 3.28. The largest absolute Gasteiger partial charge is 0.325 e. The summed E-state index contributed by atoms with van der Waals surface area (Å²) in [6.45, 7) is 2.13. The lowest BCUT2D eigenvalue weighted by molar-refractivity contribution is 0.741. The molecule has 1 aliphatic rings. The Hall–Kier alpha value is -1.42. The molecular formula is C13H15ClN4. The van der Waals surface area contributed by atoms with Crippen molar-refractivity contribution in [2.24, 2.45) is 0 Å². The molecule has 94 valence electrons. The molecule has 0 N–H and O–H groups in total. The van der Waals surface area contributed by atoms with E-state index in [0.717, 1.165) is 24.2 Å². The molecule has 0 amide bonds. The van der Waals surface area contributed by atoms with Crippen LogP contribution in [0.4, 0.5) is 0 Å². The average Bonchev–Trinajstić information content (AvgIpc) is 3.06. The third-order valence-electron chi connectivity index (χ3n) is 3.09. The van der Waals surface area contributed by atoms with Gasteiger partial charge >= 0.3 is 0 Å². The molecule has 1 fully saturated rings. The number of imidazole rings is 1. The second kappa shape index (κ2) is 4.69. The topological polar surface area (TPSA) is 43.6 Å². The first kappa shape index (κ1) is 11.7. The van der Waals surface area contributed by atoms with Crippen molar-refractivity contribution in [3.8, 4) is 11.5 Å². The Morgan fingerprint density at radius 3 is 2.94 bits per heavy atom. The van der Waals surface area contributed by atoms with Gasteiger partial charge in [-0.05, 0) is 25.3 Å². The number of aromatic nitrogens is 4. The maximum atomic E-state index is 6.07. The van der Waals surface area contributed by atoms with Crippen LogP contribution in [-0.2, 0) is 6.42 Å². The molecule has 2 heterocycles. The minimum absolute atomic E-state index is 0.506. The summed E-state index contributed by atoms with van der Waals surface area (Å²) in [5, 5.41) is 0.506. The predicted molar refractivity (Wildman–Crippen MR) is 70.5 cm³/mol. The van der Waals surface area contributed by atoms with E-state index in [9.17, 15) is 0 Å². The molecule has 1 aliphatic carbocycles. The fraction of sp³-hybridized carbons (Fsp3) is 0.462. The van der Waals surface area contributed by atoms with Crippen LogP contribution < -0.4 is 0 Å². The lowest BCUT2D eigenvalue weighted by Crippen LogP contribution is -2.01. The first-order valence-corrected chi connectivity index (χ1v) is 6.71. The highest BCUT2D eigenvalue weighted by Gasteiger charge is 2.26. The van der Waals surface area contributed by atoms with Crippen LogP contribution in [0.25, 0.3) is 11.5 Å². The van der Waals surface area contributed by atoms with Crippen LogP contribution >= 0.6 is 11.6 Å². The number of nitrogens with zero attached hydrogens (tertiary/aromatic N) is 4. The van der Waals surface area contributed by atoms with Crippen molar-refractivity contribution in [2.45, 2.75) is 38.6 Å². The number of hydrogen-bond donors (Lipinski definition) is 0. The molecule has 0 atom stereocenters. The van der Waals surface area contributed by atoms with Crippen molar-refractivity contribution in [3.63, 3.8) is 0 Å². The Bertz CT molecular complexity index is 560. The molecule has 0 radical (unpaired) electrons. The second-order valence-electron chi connectivity index (χ2n) is 4.67. The van der Waals surface area contributed by atoms with E-state index in [1.165, 1.54) is 12.8 Å². The smallest absolute Gasteiger partial charge is 0.179 e. The van der Waals surface area contributed by atoms with Crippen molar-refractivity contribution < 1.29 is 0 Å². The van der Waals surface area contributed by atoms with Gasteiger partial charge in [0.15, 0.2) is 5.82 Å². The number of hydrogen-bond acceptors (Lipinski definition) is 3. The van der Waals surface area contributed by atoms with Crippen LogP contribution in [0.3, 0.4) is 0 Å². The molecule has 0 bridgehead atoms. The Morgan fingerprint density at radius 1 is 1.39 bits per heavy atom. The summed E-state index contributed by atoms with van der Waals surface area (Å²) in [5.41, 5.74) is 1.97. The highest BCUT2D eigenvalue weighted by molar-refractivity contribution is 6.29. The van der Waals surface area contributed by atoms with E-state index in [0.29, 0.717) is 17.0 Å². The van der Waals surface area contributed by atoms with E-state index in [-0.39, 0.29) is 0 Å². The van der Waals surface area contributed by atoms with Crippen molar-refractivity contribution in [1.29, 1.82) is 0 Å². The minimum Gasteiger partial charge on any atom is -0.325 e. The lowest BCUT2D eigenvalue weighted by Gasteiger charge is -2.07. The van der Waals surface area contributed by atoms with Crippen molar-refractivity contribution in [2.75, 3.05) is 0 Å². The van der Waals surface area contributed by atoms with Gasteiger partial charge in [-0.15, -0.1) is 0 Å². The fourth-order valence-corrected chi connectivity index (χ4v) is 2.29. The van der Waals surface area contributed by atoms with Crippen LogP contribution in [0.5, 0.6) is 0 Å². The second-order valence-corrected chi connectivity index (χ2v) is 5.06. The first-order chi connectivity index (χ1) is 8.78. The molecule has 0 spiro atoms. The van der Waals surface area contributed by atoms with Gasteiger partial charge < -0.3 is 4.57 Å². The number of halogens is 1.